The molecule has 6 heteroatoms. The zero-order chi connectivity index (χ0) is 8.48. The largest absolute Gasteiger partial charge is 0.376 e. The van der Waals surface area contributed by atoms with Gasteiger partial charge in [-0.2, -0.15) is 0 Å². The first kappa shape index (κ1) is 8.73. The van der Waals surface area contributed by atoms with E-state index in [0.29, 0.717) is 6.42 Å². The van der Waals surface area contributed by atoms with Crippen LogP contribution in [0.3, 0.4) is 0 Å². The molecule has 1 rings (SSSR count). The van der Waals surface area contributed by atoms with Crippen LogP contribution in [0.2, 0.25) is 0 Å². The van der Waals surface area contributed by atoms with Gasteiger partial charge in [0.15, 0.2) is 14.9 Å². The van der Waals surface area contributed by atoms with Gasteiger partial charge in [-0.1, -0.05) is 0 Å². The van der Waals surface area contributed by atoms with Crippen LogP contribution in [0.1, 0.15) is 6.42 Å². The Labute approximate surface area is 71.1 Å². The molecule has 1 heterocycles. The van der Waals surface area contributed by atoms with E-state index in [-0.39, 0.29) is 22.7 Å². The van der Waals surface area contributed by atoms with E-state index in [2.05, 4.69) is 17.5 Å². The number of nitrogens with one attached hydrogen (secondary N) is 1. The maximum absolute atomic E-state index is 10.9. The van der Waals surface area contributed by atoms with Crippen LogP contribution in [-0.4, -0.2) is 31.1 Å². The first-order chi connectivity index (χ1) is 4.99. The van der Waals surface area contributed by atoms with Gasteiger partial charge in [0.1, 0.15) is 0 Å². The van der Waals surface area contributed by atoms with Crippen LogP contribution in [0.5, 0.6) is 0 Å². The fourth-order valence-corrected chi connectivity index (χ4v) is 2.95. The van der Waals surface area contributed by atoms with E-state index in [1.54, 1.807) is 0 Å². The van der Waals surface area contributed by atoms with E-state index in [1.165, 1.54) is 0 Å². The lowest BCUT2D eigenvalue weighted by atomic mass is 10.3. The van der Waals surface area contributed by atoms with Gasteiger partial charge in [0.2, 0.25) is 0 Å². The molecule has 0 saturated carbocycles. The van der Waals surface area contributed by atoms with Crippen LogP contribution >= 0.6 is 12.2 Å². The van der Waals surface area contributed by atoms with E-state index in [0.717, 1.165) is 0 Å². The molecule has 0 aromatic heterocycles. The monoisotopic (exact) mass is 194 g/mol. The molecule has 1 aliphatic heterocycles. The van der Waals surface area contributed by atoms with E-state index in [4.69, 9.17) is 5.73 Å². The average Bonchev–Trinajstić information content (AvgIpc) is 2.08. The van der Waals surface area contributed by atoms with Gasteiger partial charge in [-0.3, -0.25) is 0 Å². The lowest BCUT2D eigenvalue weighted by molar-refractivity contribution is 0.600. The summed E-state index contributed by atoms with van der Waals surface area (Å²) in [5.41, 5.74) is 5.19. The van der Waals surface area contributed by atoms with Crippen LogP contribution in [0.4, 0.5) is 0 Å². The number of thiocarbonyl (C=S) groups is 1. The molecule has 0 radical (unpaired) electrons. The van der Waals surface area contributed by atoms with Gasteiger partial charge in [0.05, 0.1) is 11.5 Å². The average molecular weight is 194 g/mol. The molecule has 0 spiro atoms. The highest BCUT2D eigenvalue weighted by Crippen LogP contribution is 2.10. The Morgan fingerprint density at radius 3 is 2.64 bits per heavy atom. The molecule has 0 unspecified atom stereocenters. The fourth-order valence-electron chi connectivity index (χ4n) is 1.11. The van der Waals surface area contributed by atoms with Crippen molar-refractivity contribution in [2.45, 2.75) is 12.5 Å². The summed E-state index contributed by atoms with van der Waals surface area (Å²) in [5, 5.41) is 2.90. The quantitative estimate of drug-likeness (QED) is 0.524. The van der Waals surface area contributed by atoms with Crippen molar-refractivity contribution in [2.75, 3.05) is 11.5 Å². The van der Waals surface area contributed by atoms with Crippen LogP contribution in [-0.2, 0) is 9.84 Å². The van der Waals surface area contributed by atoms with Crippen molar-refractivity contribution in [1.82, 2.24) is 5.32 Å². The highest BCUT2D eigenvalue weighted by atomic mass is 32.2. The third-order valence-electron chi connectivity index (χ3n) is 1.58. The van der Waals surface area contributed by atoms with Crippen molar-refractivity contribution in [2.24, 2.45) is 5.73 Å². The lowest BCUT2D eigenvalue weighted by Crippen LogP contribution is -2.38. The summed E-state index contributed by atoms with van der Waals surface area (Å²) in [6.45, 7) is 0. The second kappa shape index (κ2) is 2.94. The number of sulfone groups is 1. The van der Waals surface area contributed by atoms with Gasteiger partial charge in [-0.25, -0.2) is 8.42 Å². The molecule has 1 aliphatic rings. The Bertz CT molecular complexity index is 260. The number of hydrogen-bond donors (Lipinski definition) is 2. The Hall–Kier alpha value is -0.360. The maximum atomic E-state index is 10.9. The minimum atomic E-state index is -2.82. The van der Waals surface area contributed by atoms with Crippen molar-refractivity contribution in [1.29, 1.82) is 0 Å². The summed E-state index contributed by atoms with van der Waals surface area (Å²) in [4.78, 5) is 0. The highest BCUT2D eigenvalue weighted by Gasteiger charge is 2.27. The first-order valence-electron chi connectivity index (χ1n) is 3.26. The molecule has 64 valence electrons. The van der Waals surface area contributed by atoms with Crippen LogP contribution in [0.15, 0.2) is 0 Å². The van der Waals surface area contributed by atoms with E-state index in [9.17, 15) is 8.42 Å². The number of hydrogen-bond acceptors (Lipinski definition) is 3. The third-order valence-corrected chi connectivity index (χ3v) is 3.46. The molecule has 4 nitrogen and oxygen atoms in total. The van der Waals surface area contributed by atoms with Crippen LogP contribution in [0, 0.1) is 0 Å². The molecular formula is C5H10N2O2S2. The summed E-state index contributed by atoms with van der Waals surface area (Å²) >= 11 is 4.58. The van der Waals surface area contributed by atoms with Crippen molar-refractivity contribution in [3.8, 4) is 0 Å². The minimum absolute atomic E-state index is 0.0718. The molecule has 0 aromatic rings. The SMILES string of the molecule is NC(=S)N[C@H]1CCS(=O)(=O)C1. The topological polar surface area (TPSA) is 72.2 Å². The summed E-state index contributed by atoms with van der Waals surface area (Å²) < 4.78 is 21.8. The zero-order valence-corrected chi connectivity index (χ0v) is 7.54. The Balaban J connectivity index is 2.49. The maximum Gasteiger partial charge on any atom is 0.163 e. The van der Waals surface area contributed by atoms with Gasteiger partial charge in [-0.15, -0.1) is 0 Å². The molecule has 1 saturated heterocycles. The van der Waals surface area contributed by atoms with Gasteiger partial charge in [0, 0.05) is 6.04 Å². The zero-order valence-electron chi connectivity index (χ0n) is 5.91. The summed E-state index contributed by atoms with van der Waals surface area (Å²) in [5.74, 6) is 0.400. The standard InChI is InChI=1S/C5H10N2O2S2/c6-5(10)7-4-1-2-11(8,9)3-4/h4H,1-3H2,(H3,6,7,10)/t4-/m0/s1. The third kappa shape index (κ3) is 2.63. The molecule has 0 aromatic carbocycles. The smallest absolute Gasteiger partial charge is 0.163 e. The molecular weight excluding hydrogens is 184 g/mol. The van der Waals surface area contributed by atoms with Crippen molar-refractivity contribution in [3.05, 3.63) is 0 Å². The summed E-state index contributed by atoms with van der Waals surface area (Å²) in [6.07, 6.45) is 0.611. The van der Waals surface area contributed by atoms with E-state index < -0.39 is 9.84 Å². The van der Waals surface area contributed by atoms with Crippen molar-refractivity contribution >= 4 is 27.2 Å². The summed E-state index contributed by atoms with van der Waals surface area (Å²) in [7, 11) is -2.82. The molecule has 0 amide bonds. The molecule has 0 aliphatic carbocycles. The Morgan fingerprint density at radius 1 is 1.64 bits per heavy atom. The molecule has 1 fully saturated rings. The van der Waals surface area contributed by atoms with Crippen LogP contribution in [0.25, 0.3) is 0 Å². The molecule has 1 atom stereocenters. The summed E-state index contributed by atoms with van der Waals surface area (Å²) in [6, 6.07) is -0.0718. The highest BCUT2D eigenvalue weighted by molar-refractivity contribution is 7.91. The lowest BCUT2D eigenvalue weighted by Gasteiger charge is -2.08. The Kier molecular flexibility index (Phi) is 2.34. The normalized spacial score (nSPS) is 28.2. The second-order valence-electron chi connectivity index (χ2n) is 2.61. The Morgan fingerprint density at radius 2 is 2.27 bits per heavy atom. The predicted molar refractivity (Wildman–Crippen MR) is 47.0 cm³/mol. The van der Waals surface area contributed by atoms with Gasteiger partial charge < -0.3 is 11.1 Å². The second-order valence-corrected chi connectivity index (χ2v) is 5.28. The van der Waals surface area contributed by atoms with E-state index in [1.807, 2.05) is 0 Å². The number of rotatable bonds is 1. The van der Waals surface area contributed by atoms with Crippen molar-refractivity contribution in [3.63, 3.8) is 0 Å². The molecule has 0 bridgehead atoms. The van der Waals surface area contributed by atoms with Gasteiger partial charge in [-0.05, 0) is 18.6 Å². The van der Waals surface area contributed by atoms with E-state index >= 15 is 0 Å². The molecule has 3 N–H and O–H groups in total. The minimum Gasteiger partial charge on any atom is -0.376 e. The van der Waals surface area contributed by atoms with Gasteiger partial charge >= 0.3 is 0 Å². The van der Waals surface area contributed by atoms with Crippen molar-refractivity contribution < 1.29 is 8.42 Å². The number of nitrogens with two attached hydrogens (primary N) is 1. The van der Waals surface area contributed by atoms with Crippen LogP contribution < -0.4 is 11.1 Å². The predicted octanol–water partition coefficient (Wildman–Crippen LogP) is -0.993. The fraction of sp³-hybridized carbons (Fsp3) is 0.800. The first-order valence-corrected chi connectivity index (χ1v) is 5.49. The molecule has 11 heavy (non-hydrogen) atoms. The van der Waals surface area contributed by atoms with Gasteiger partial charge in [0.25, 0.3) is 0 Å².